The van der Waals surface area contributed by atoms with Crippen LogP contribution in [0.2, 0.25) is 0 Å². The van der Waals surface area contributed by atoms with E-state index in [2.05, 4.69) is 45.7 Å². The molecule has 2 N–H and O–H groups in total. The van der Waals surface area contributed by atoms with Crippen LogP contribution in [-0.4, -0.2) is 79.4 Å². The number of nitrogens with one attached hydrogen (secondary N) is 2. The van der Waals surface area contributed by atoms with Crippen LogP contribution in [0, 0.1) is 0 Å². The fourth-order valence-corrected chi connectivity index (χ4v) is 4.49. The molecular formula is C24H40N8O3. The summed E-state index contributed by atoms with van der Waals surface area (Å²) in [5, 5.41) is 15.2. The number of aromatic nitrogens is 3. The van der Waals surface area contributed by atoms with Gasteiger partial charge in [0.15, 0.2) is 5.65 Å². The molecule has 3 rings (SSSR count). The van der Waals surface area contributed by atoms with Gasteiger partial charge in [0.2, 0.25) is 0 Å². The highest BCUT2D eigenvalue weighted by Gasteiger charge is 2.25. The van der Waals surface area contributed by atoms with Crippen molar-refractivity contribution in [3.05, 3.63) is 34.5 Å². The summed E-state index contributed by atoms with van der Waals surface area (Å²) in [6.45, 7) is 8.82. The smallest absolute Gasteiger partial charge is 0.157 e. The Balaban J connectivity index is 1.29. The highest BCUT2D eigenvalue weighted by atomic mass is 16.5. The lowest BCUT2D eigenvalue weighted by Gasteiger charge is -2.19. The van der Waals surface area contributed by atoms with Crippen molar-refractivity contribution in [2.45, 2.75) is 64.0 Å². The minimum Gasteiger partial charge on any atom is -0.379 e. The van der Waals surface area contributed by atoms with Gasteiger partial charge in [-0.3, -0.25) is 0 Å². The Kier molecular flexibility index (Phi) is 12.1. The Morgan fingerprint density at radius 3 is 2.54 bits per heavy atom. The van der Waals surface area contributed by atoms with E-state index in [4.69, 9.17) is 24.7 Å². The van der Waals surface area contributed by atoms with Crippen molar-refractivity contribution in [3.63, 3.8) is 0 Å². The SMILES string of the molecule is CCC(CC)c1cc(N[C@H]2CC[C@H](NCCOCCOCCOCCN=[N+]=[N-])C2)n2nccc2n1. The van der Waals surface area contributed by atoms with E-state index in [0.717, 1.165) is 55.8 Å². The monoisotopic (exact) mass is 488 g/mol. The van der Waals surface area contributed by atoms with E-state index in [9.17, 15) is 0 Å². The molecule has 1 aliphatic rings. The highest BCUT2D eigenvalue weighted by molar-refractivity contribution is 5.50. The van der Waals surface area contributed by atoms with Crippen molar-refractivity contribution in [2.75, 3.05) is 58.0 Å². The quantitative estimate of drug-likeness (QED) is 0.141. The van der Waals surface area contributed by atoms with E-state index in [1.807, 2.05) is 16.8 Å². The maximum atomic E-state index is 8.17. The van der Waals surface area contributed by atoms with E-state index in [-0.39, 0.29) is 0 Å². The zero-order chi connectivity index (χ0) is 24.7. The summed E-state index contributed by atoms with van der Waals surface area (Å²) in [5.41, 5.74) is 10.2. The average Bonchev–Trinajstić information content (AvgIpc) is 3.52. The number of anilines is 1. The molecule has 0 saturated heterocycles. The van der Waals surface area contributed by atoms with E-state index < -0.39 is 0 Å². The number of hydrogen-bond donors (Lipinski definition) is 2. The summed E-state index contributed by atoms with van der Waals surface area (Å²) in [5.74, 6) is 1.51. The summed E-state index contributed by atoms with van der Waals surface area (Å²) in [4.78, 5) is 7.50. The van der Waals surface area contributed by atoms with Crippen molar-refractivity contribution in [1.29, 1.82) is 0 Å². The van der Waals surface area contributed by atoms with E-state index in [0.29, 0.717) is 64.2 Å². The molecule has 0 spiro atoms. The maximum absolute atomic E-state index is 8.17. The molecule has 2 heterocycles. The third kappa shape index (κ3) is 8.94. The van der Waals surface area contributed by atoms with Gasteiger partial charge >= 0.3 is 0 Å². The highest BCUT2D eigenvalue weighted by Crippen LogP contribution is 2.27. The molecule has 2 aromatic rings. The number of azide groups is 1. The number of nitrogens with zero attached hydrogens (tertiary/aromatic N) is 6. The Morgan fingerprint density at radius 2 is 1.80 bits per heavy atom. The molecular weight excluding hydrogens is 448 g/mol. The van der Waals surface area contributed by atoms with Crippen LogP contribution in [0.1, 0.15) is 57.6 Å². The van der Waals surface area contributed by atoms with Gasteiger partial charge in [0.05, 0.1) is 45.8 Å². The van der Waals surface area contributed by atoms with E-state index >= 15 is 0 Å². The first kappa shape index (κ1) is 27.2. The molecule has 11 nitrogen and oxygen atoms in total. The lowest BCUT2D eigenvalue weighted by atomic mass is 9.99. The van der Waals surface area contributed by atoms with Gasteiger partial charge in [0.1, 0.15) is 5.82 Å². The Morgan fingerprint density at radius 1 is 1.09 bits per heavy atom. The molecule has 1 saturated carbocycles. The lowest BCUT2D eigenvalue weighted by Crippen LogP contribution is -2.31. The van der Waals surface area contributed by atoms with Gasteiger partial charge in [-0.25, -0.2) is 4.98 Å². The first-order valence-corrected chi connectivity index (χ1v) is 12.8. The molecule has 11 heteroatoms. The summed E-state index contributed by atoms with van der Waals surface area (Å²) in [7, 11) is 0. The first-order chi connectivity index (χ1) is 17.2. The molecule has 2 aromatic heterocycles. The van der Waals surface area contributed by atoms with Crippen LogP contribution >= 0.6 is 0 Å². The largest absolute Gasteiger partial charge is 0.379 e. The standard InChI is InChI=1S/C24H40N8O3/c1-3-19(4-2)22-18-24(32-23(30-22)7-8-28-32)29-21-6-5-20(17-21)26-9-11-33-13-15-35-16-14-34-12-10-27-31-25/h7-8,18-21,26,29H,3-6,9-17H2,1-2H3/t20-,21-/m0/s1. The second kappa shape index (κ2) is 15.5. The molecule has 2 atom stereocenters. The molecule has 0 unspecified atom stereocenters. The Hall–Kier alpha value is -2.43. The first-order valence-electron chi connectivity index (χ1n) is 12.8. The van der Waals surface area contributed by atoms with Crippen LogP contribution in [-0.2, 0) is 14.2 Å². The van der Waals surface area contributed by atoms with Crippen molar-refractivity contribution < 1.29 is 14.2 Å². The average molecular weight is 489 g/mol. The summed E-state index contributed by atoms with van der Waals surface area (Å²) < 4.78 is 18.3. The number of fused-ring (bicyclic) bond motifs is 1. The normalized spacial score (nSPS) is 17.8. The number of hydrogen-bond acceptors (Lipinski definition) is 8. The van der Waals surface area contributed by atoms with Crippen LogP contribution in [0.15, 0.2) is 23.4 Å². The van der Waals surface area contributed by atoms with Gasteiger partial charge in [-0.2, -0.15) is 9.61 Å². The molecule has 0 aliphatic heterocycles. The zero-order valence-corrected chi connectivity index (χ0v) is 21.1. The van der Waals surface area contributed by atoms with Crippen molar-refractivity contribution in [2.24, 2.45) is 5.11 Å². The summed E-state index contributed by atoms with van der Waals surface area (Å²) in [6.07, 6.45) is 7.34. The van der Waals surface area contributed by atoms with E-state index in [1.165, 1.54) is 0 Å². The van der Waals surface area contributed by atoms with Gasteiger partial charge in [-0.15, -0.1) is 0 Å². The third-order valence-corrected chi connectivity index (χ3v) is 6.39. The van der Waals surface area contributed by atoms with Crippen LogP contribution in [0.4, 0.5) is 5.82 Å². The molecule has 35 heavy (non-hydrogen) atoms. The molecule has 0 bridgehead atoms. The summed E-state index contributed by atoms with van der Waals surface area (Å²) >= 11 is 0. The van der Waals surface area contributed by atoms with Gasteiger partial charge in [0, 0.05) is 53.8 Å². The molecule has 0 aromatic carbocycles. The lowest BCUT2D eigenvalue weighted by molar-refractivity contribution is 0.0163. The van der Waals surface area contributed by atoms with Gasteiger partial charge in [-0.1, -0.05) is 19.0 Å². The molecule has 1 aliphatic carbocycles. The molecule has 0 radical (unpaired) electrons. The minimum atomic E-state index is 0.349. The molecule has 0 amide bonds. The Labute approximate surface area is 207 Å². The zero-order valence-electron chi connectivity index (χ0n) is 21.1. The van der Waals surface area contributed by atoms with Crippen molar-refractivity contribution in [3.8, 4) is 0 Å². The van der Waals surface area contributed by atoms with Gasteiger partial charge < -0.3 is 24.8 Å². The van der Waals surface area contributed by atoms with Gasteiger partial charge in [-0.05, 0) is 37.6 Å². The van der Waals surface area contributed by atoms with Crippen LogP contribution in [0.25, 0.3) is 16.1 Å². The number of ether oxygens (including phenoxy) is 3. The fraction of sp³-hybridized carbons (Fsp3) is 0.750. The maximum Gasteiger partial charge on any atom is 0.157 e. The second-order valence-electron chi connectivity index (χ2n) is 8.78. The summed E-state index contributed by atoms with van der Waals surface area (Å²) in [6, 6.07) is 5.07. The fourth-order valence-electron chi connectivity index (χ4n) is 4.49. The minimum absolute atomic E-state index is 0.349. The number of rotatable bonds is 18. The van der Waals surface area contributed by atoms with Crippen molar-refractivity contribution in [1.82, 2.24) is 19.9 Å². The second-order valence-corrected chi connectivity index (χ2v) is 8.78. The predicted octanol–water partition coefficient (Wildman–Crippen LogP) is 3.92. The van der Waals surface area contributed by atoms with Crippen LogP contribution in [0.3, 0.4) is 0 Å². The predicted molar refractivity (Wildman–Crippen MR) is 136 cm³/mol. The van der Waals surface area contributed by atoms with Crippen molar-refractivity contribution >= 4 is 11.5 Å². The van der Waals surface area contributed by atoms with E-state index in [1.54, 1.807) is 0 Å². The van der Waals surface area contributed by atoms with Crippen LogP contribution in [0.5, 0.6) is 0 Å². The molecule has 1 fully saturated rings. The Bertz CT molecular complexity index is 913. The van der Waals surface area contributed by atoms with Gasteiger partial charge in [0.25, 0.3) is 0 Å². The molecule has 194 valence electrons. The van der Waals surface area contributed by atoms with Crippen LogP contribution < -0.4 is 10.6 Å². The topological polar surface area (TPSA) is 131 Å². The third-order valence-electron chi connectivity index (χ3n) is 6.39.